The molecule has 0 N–H and O–H groups in total. The number of hydrogen-bond donors (Lipinski definition) is 0. The fourth-order valence-electron chi connectivity index (χ4n) is 1.37. The van der Waals surface area contributed by atoms with Crippen LogP contribution in [0.2, 0.25) is 0 Å². The summed E-state index contributed by atoms with van der Waals surface area (Å²) >= 11 is 0. The maximum absolute atomic E-state index is 2.24. The molecule has 0 bridgehead atoms. The van der Waals surface area contributed by atoms with E-state index < -0.39 is 0 Å². The van der Waals surface area contributed by atoms with Crippen LogP contribution >= 0.6 is 0 Å². The third-order valence-corrected chi connectivity index (χ3v) is 2.36. The molecule has 1 heteroatoms. The largest absolute Gasteiger partial charge is 0.383 e. The lowest BCUT2D eigenvalue weighted by molar-refractivity contribution is 0.560. The predicted molar refractivity (Wildman–Crippen MR) is 53.9 cm³/mol. The molecule has 0 saturated carbocycles. The fraction of sp³-hybridized carbons (Fsp3) is 0.455. The third-order valence-electron chi connectivity index (χ3n) is 2.36. The van der Waals surface area contributed by atoms with Crippen LogP contribution in [0.25, 0.3) is 0 Å². The molecule has 12 heavy (non-hydrogen) atoms. The van der Waals surface area contributed by atoms with E-state index in [0.29, 0.717) is 0 Å². The molecule has 0 saturated heterocycles. The summed E-state index contributed by atoms with van der Waals surface area (Å²) in [6, 6.07) is 0. The average molecular weight is 163 g/mol. The van der Waals surface area contributed by atoms with Crippen molar-refractivity contribution in [2.24, 2.45) is 0 Å². The summed E-state index contributed by atoms with van der Waals surface area (Å²) in [5.74, 6) is 0. The summed E-state index contributed by atoms with van der Waals surface area (Å²) in [4.78, 5) is 2.08. The van der Waals surface area contributed by atoms with E-state index in [2.05, 4.69) is 52.0 Å². The van der Waals surface area contributed by atoms with Crippen LogP contribution in [-0.2, 0) is 0 Å². The van der Waals surface area contributed by atoms with Crippen LogP contribution in [-0.4, -0.2) is 19.0 Å². The van der Waals surface area contributed by atoms with Crippen molar-refractivity contribution in [3.63, 3.8) is 0 Å². The fourth-order valence-corrected chi connectivity index (χ4v) is 1.37. The van der Waals surface area contributed by atoms with Gasteiger partial charge in [0.1, 0.15) is 0 Å². The first kappa shape index (κ1) is 9.11. The predicted octanol–water partition coefficient (Wildman–Crippen LogP) is 2.73. The van der Waals surface area contributed by atoms with E-state index >= 15 is 0 Å². The molecule has 0 aromatic rings. The Morgan fingerprint density at radius 1 is 1.08 bits per heavy atom. The Hall–Kier alpha value is -0.980. The summed E-state index contributed by atoms with van der Waals surface area (Å²) in [6.45, 7) is 6.52. The van der Waals surface area contributed by atoms with Crippen LogP contribution in [0.5, 0.6) is 0 Å². The zero-order valence-electron chi connectivity index (χ0n) is 8.60. The highest BCUT2D eigenvalue weighted by molar-refractivity contribution is 5.55. The van der Waals surface area contributed by atoms with Crippen LogP contribution in [0.3, 0.4) is 0 Å². The summed E-state index contributed by atoms with van der Waals surface area (Å²) in [5.41, 5.74) is 5.56. The zero-order chi connectivity index (χ0) is 9.30. The standard InChI is InChI=1S/C11H17N/c1-8-6-11(7-12(4)5)10(3)9(8)2/h6-7H,1-5H3. The molecular weight excluding hydrogens is 146 g/mol. The quantitative estimate of drug-likeness (QED) is 0.574. The molecule has 1 rings (SSSR count). The minimum absolute atomic E-state index is 1.34. The minimum Gasteiger partial charge on any atom is -0.383 e. The molecule has 0 aliphatic heterocycles. The van der Waals surface area contributed by atoms with Crippen LogP contribution in [0.15, 0.2) is 34.6 Å². The van der Waals surface area contributed by atoms with Crippen LogP contribution in [0, 0.1) is 0 Å². The lowest BCUT2D eigenvalue weighted by atomic mass is 10.1. The monoisotopic (exact) mass is 163 g/mol. The molecule has 0 amide bonds. The van der Waals surface area contributed by atoms with Gasteiger partial charge in [0.25, 0.3) is 0 Å². The van der Waals surface area contributed by atoms with Gasteiger partial charge in [-0.2, -0.15) is 0 Å². The van der Waals surface area contributed by atoms with E-state index in [4.69, 9.17) is 0 Å². The van der Waals surface area contributed by atoms with Crippen molar-refractivity contribution < 1.29 is 0 Å². The van der Waals surface area contributed by atoms with Crippen molar-refractivity contribution in [1.29, 1.82) is 0 Å². The van der Waals surface area contributed by atoms with Gasteiger partial charge in [-0.25, -0.2) is 0 Å². The van der Waals surface area contributed by atoms with Gasteiger partial charge in [-0.3, -0.25) is 0 Å². The lowest BCUT2D eigenvalue weighted by Crippen LogP contribution is -2.02. The van der Waals surface area contributed by atoms with Crippen molar-refractivity contribution in [3.05, 3.63) is 34.6 Å². The average Bonchev–Trinajstić information content (AvgIpc) is 2.17. The number of hydrogen-bond acceptors (Lipinski definition) is 1. The third kappa shape index (κ3) is 1.60. The molecule has 66 valence electrons. The van der Waals surface area contributed by atoms with Gasteiger partial charge < -0.3 is 4.90 Å². The Morgan fingerprint density at radius 3 is 2.00 bits per heavy atom. The molecular formula is C11H17N. The summed E-state index contributed by atoms with van der Waals surface area (Å²) in [6.07, 6.45) is 4.40. The molecule has 1 nitrogen and oxygen atoms in total. The van der Waals surface area contributed by atoms with E-state index in [1.165, 1.54) is 22.3 Å². The van der Waals surface area contributed by atoms with E-state index in [0.717, 1.165) is 0 Å². The molecule has 0 aromatic heterocycles. The molecule has 0 spiro atoms. The second kappa shape index (κ2) is 3.18. The summed E-state index contributed by atoms with van der Waals surface area (Å²) in [7, 11) is 4.11. The Kier molecular flexibility index (Phi) is 2.41. The summed E-state index contributed by atoms with van der Waals surface area (Å²) in [5, 5.41) is 0. The zero-order valence-corrected chi connectivity index (χ0v) is 8.60. The van der Waals surface area contributed by atoms with Crippen LogP contribution in [0.4, 0.5) is 0 Å². The topological polar surface area (TPSA) is 3.24 Å². The molecule has 0 atom stereocenters. The first-order valence-electron chi connectivity index (χ1n) is 4.27. The van der Waals surface area contributed by atoms with Crippen molar-refractivity contribution in [1.82, 2.24) is 4.90 Å². The number of nitrogens with zero attached hydrogens (tertiary/aromatic N) is 1. The molecule has 0 aromatic carbocycles. The second-order valence-electron chi connectivity index (χ2n) is 3.63. The smallest absolute Gasteiger partial charge is 0.00615 e. The molecule has 1 aliphatic rings. The van der Waals surface area contributed by atoms with Crippen LogP contribution in [0.1, 0.15) is 20.8 Å². The van der Waals surface area contributed by atoms with Crippen molar-refractivity contribution in [2.45, 2.75) is 20.8 Å². The normalized spacial score (nSPS) is 20.4. The molecule has 0 heterocycles. The van der Waals surface area contributed by atoms with Crippen molar-refractivity contribution in [3.8, 4) is 0 Å². The first-order valence-corrected chi connectivity index (χ1v) is 4.27. The second-order valence-corrected chi connectivity index (χ2v) is 3.63. The Morgan fingerprint density at radius 2 is 1.67 bits per heavy atom. The van der Waals surface area contributed by atoms with Crippen LogP contribution < -0.4 is 0 Å². The van der Waals surface area contributed by atoms with E-state index in [1.807, 2.05) is 0 Å². The first-order chi connectivity index (χ1) is 5.52. The van der Waals surface area contributed by atoms with Gasteiger partial charge in [-0.1, -0.05) is 6.08 Å². The highest BCUT2D eigenvalue weighted by Crippen LogP contribution is 2.29. The minimum atomic E-state index is 1.34. The highest BCUT2D eigenvalue weighted by atomic mass is 15.0. The molecule has 0 unspecified atom stereocenters. The SMILES string of the molecule is CC1=CC(=CN(C)C)C(C)=C1C. The van der Waals surface area contributed by atoms with Gasteiger partial charge >= 0.3 is 0 Å². The molecule has 1 aliphatic carbocycles. The Labute approximate surface area is 75.1 Å². The maximum Gasteiger partial charge on any atom is 0.00615 e. The van der Waals surface area contributed by atoms with Gasteiger partial charge in [0.15, 0.2) is 0 Å². The lowest BCUT2D eigenvalue weighted by Gasteiger charge is -2.07. The van der Waals surface area contributed by atoms with E-state index in [-0.39, 0.29) is 0 Å². The Bertz CT molecular complexity index is 277. The molecule has 0 fully saturated rings. The highest BCUT2D eigenvalue weighted by Gasteiger charge is 2.11. The van der Waals surface area contributed by atoms with Gasteiger partial charge in [-0.15, -0.1) is 0 Å². The van der Waals surface area contributed by atoms with E-state index in [9.17, 15) is 0 Å². The van der Waals surface area contributed by atoms with E-state index in [1.54, 1.807) is 0 Å². The van der Waals surface area contributed by atoms with Gasteiger partial charge in [0.05, 0.1) is 0 Å². The number of rotatable bonds is 1. The van der Waals surface area contributed by atoms with Crippen molar-refractivity contribution >= 4 is 0 Å². The van der Waals surface area contributed by atoms with Gasteiger partial charge in [-0.05, 0) is 43.1 Å². The van der Waals surface area contributed by atoms with Gasteiger partial charge in [0.2, 0.25) is 0 Å². The Balaban J connectivity index is 3.01. The summed E-state index contributed by atoms with van der Waals surface area (Å²) < 4.78 is 0. The van der Waals surface area contributed by atoms with Gasteiger partial charge in [0, 0.05) is 20.3 Å². The van der Waals surface area contributed by atoms with Crippen molar-refractivity contribution in [2.75, 3.05) is 14.1 Å². The molecule has 0 radical (unpaired) electrons. The maximum atomic E-state index is 2.24. The number of allylic oxidation sites excluding steroid dienone is 5.